The van der Waals surface area contributed by atoms with E-state index >= 15 is 0 Å². The van der Waals surface area contributed by atoms with Crippen LogP contribution in [0.1, 0.15) is 26.7 Å². The average molecular weight is 230 g/mol. The molecule has 0 radical (unpaired) electrons. The Kier molecular flexibility index (Phi) is 3.75. The number of hydrogen-bond donors (Lipinski definition) is 2. The van der Waals surface area contributed by atoms with Gasteiger partial charge in [0, 0.05) is 6.21 Å². The molecule has 2 rings (SSSR count). The molecule has 2 aromatic rings. The van der Waals surface area contributed by atoms with Crippen LogP contribution in [-0.2, 0) is 0 Å². The molecular weight excluding hydrogens is 212 g/mol. The lowest BCUT2D eigenvalue weighted by Gasteiger charge is -2.03. The quantitative estimate of drug-likeness (QED) is 0.611. The molecule has 1 aromatic heterocycles. The molecule has 1 heterocycles. The Balaban J connectivity index is 2.03. The van der Waals surface area contributed by atoms with Gasteiger partial charge in [-0.15, -0.1) is 0 Å². The van der Waals surface area contributed by atoms with E-state index in [0.29, 0.717) is 11.9 Å². The lowest BCUT2D eigenvalue weighted by atomic mass is 10.1. The molecule has 0 aliphatic rings. The Labute approximate surface area is 101 Å². The number of nitrogens with zero attached hydrogens (tertiary/aromatic N) is 2. The number of hydrogen-bond acceptors (Lipinski definition) is 3. The Morgan fingerprint density at radius 2 is 2.12 bits per heavy atom. The van der Waals surface area contributed by atoms with Gasteiger partial charge in [0.05, 0.1) is 11.0 Å². The number of benzene rings is 1. The third-order valence-electron chi connectivity index (χ3n) is 2.89. The van der Waals surface area contributed by atoms with Crippen molar-refractivity contribution in [3.8, 4) is 0 Å². The van der Waals surface area contributed by atoms with Crippen LogP contribution < -0.4 is 5.43 Å². The van der Waals surface area contributed by atoms with Gasteiger partial charge in [-0.05, 0) is 30.9 Å². The predicted octanol–water partition coefficient (Wildman–Crippen LogP) is 3.40. The van der Waals surface area contributed by atoms with Crippen LogP contribution in [0.5, 0.6) is 0 Å². The molecule has 0 atom stereocenters. The van der Waals surface area contributed by atoms with E-state index in [-0.39, 0.29) is 0 Å². The number of hydrazone groups is 1. The highest BCUT2D eigenvalue weighted by atomic mass is 15.3. The van der Waals surface area contributed by atoms with Crippen molar-refractivity contribution in [2.45, 2.75) is 26.7 Å². The van der Waals surface area contributed by atoms with Crippen molar-refractivity contribution >= 4 is 23.2 Å². The number of nitrogens with one attached hydrogen (secondary N) is 2. The summed E-state index contributed by atoms with van der Waals surface area (Å²) in [5, 5.41) is 4.21. The fraction of sp³-hybridized carbons (Fsp3) is 0.385. The summed E-state index contributed by atoms with van der Waals surface area (Å²) >= 11 is 0. The molecule has 0 amide bonds. The second-order valence-corrected chi connectivity index (χ2v) is 4.07. The zero-order chi connectivity index (χ0) is 12.1. The standard InChI is InChI=1S/C13H18N4/c1-3-10(4-2)9-14-17-13-15-11-7-5-6-8-12(11)16-13/h5-10H,3-4H2,1-2H3,(H2,15,16,17)/b14-9+. The average Bonchev–Trinajstić information content (AvgIpc) is 2.77. The molecule has 0 spiro atoms. The van der Waals surface area contributed by atoms with Crippen molar-refractivity contribution in [1.82, 2.24) is 9.97 Å². The van der Waals surface area contributed by atoms with Gasteiger partial charge in [-0.1, -0.05) is 26.0 Å². The summed E-state index contributed by atoms with van der Waals surface area (Å²) in [6, 6.07) is 7.93. The van der Waals surface area contributed by atoms with Gasteiger partial charge in [-0.2, -0.15) is 5.10 Å². The van der Waals surface area contributed by atoms with Crippen LogP contribution in [0.3, 0.4) is 0 Å². The predicted molar refractivity (Wildman–Crippen MR) is 72.3 cm³/mol. The van der Waals surface area contributed by atoms with Crippen LogP contribution >= 0.6 is 0 Å². The number of aromatic nitrogens is 2. The van der Waals surface area contributed by atoms with Crippen molar-refractivity contribution in [2.24, 2.45) is 11.0 Å². The molecule has 0 fully saturated rings. The second kappa shape index (κ2) is 5.48. The van der Waals surface area contributed by atoms with E-state index in [1.165, 1.54) is 0 Å². The van der Waals surface area contributed by atoms with Crippen molar-refractivity contribution in [2.75, 3.05) is 5.43 Å². The van der Waals surface area contributed by atoms with Crippen molar-refractivity contribution in [3.05, 3.63) is 24.3 Å². The topological polar surface area (TPSA) is 53.1 Å². The molecule has 0 unspecified atom stereocenters. The molecule has 0 bridgehead atoms. The summed E-state index contributed by atoms with van der Waals surface area (Å²) in [7, 11) is 0. The second-order valence-electron chi connectivity index (χ2n) is 4.07. The SMILES string of the molecule is CCC(/C=N/Nc1nc2ccccc2[nH]1)CC. The molecule has 0 aliphatic carbocycles. The maximum Gasteiger partial charge on any atom is 0.222 e. The molecular formula is C13H18N4. The lowest BCUT2D eigenvalue weighted by molar-refractivity contribution is 0.654. The molecule has 4 heteroatoms. The van der Waals surface area contributed by atoms with E-state index in [4.69, 9.17) is 0 Å². The van der Waals surface area contributed by atoms with Crippen LogP contribution in [0.2, 0.25) is 0 Å². The molecule has 0 aliphatic heterocycles. The number of H-pyrrole nitrogens is 1. The Morgan fingerprint density at radius 1 is 1.35 bits per heavy atom. The van der Waals surface area contributed by atoms with Gasteiger partial charge < -0.3 is 4.98 Å². The highest BCUT2D eigenvalue weighted by Crippen LogP contribution is 2.13. The summed E-state index contributed by atoms with van der Waals surface area (Å²) in [6.45, 7) is 4.34. The smallest absolute Gasteiger partial charge is 0.222 e. The fourth-order valence-corrected chi connectivity index (χ4v) is 1.71. The number of rotatable bonds is 5. The van der Waals surface area contributed by atoms with Gasteiger partial charge in [0.1, 0.15) is 0 Å². The first-order valence-electron chi connectivity index (χ1n) is 6.07. The first-order chi connectivity index (χ1) is 8.33. The van der Waals surface area contributed by atoms with Crippen LogP contribution in [0.15, 0.2) is 29.4 Å². The van der Waals surface area contributed by atoms with Crippen LogP contribution in [0.4, 0.5) is 5.95 Å². The van der Waals surface area contributed by atoms with Gasteiger partial charge in [0.25, 0.3) is 0 Å². The largest absolute Gasteiger partial charge is 0.323 e. The summed E-state index contributed by atoms with van der Waals surface area (Å²) < 4.78 is 0. The van der Waals surface area contributed by atoms with Gasteiger partial charge in [0.2, 0.25) is 5.95 Å². The monoisotopic (exact) mass is 230 g/mol. The molecule has 4 nitrogen and oxygen atoms in total. The van der Waals surface area contributed by atoms with E-state index < -0.39 is 0 Å². The third kappa shape index (κ3) is 2.84. The Hall–Kier alpha value is -1.84. The maximum absolute atomic E-state index is 4.38. The number of para-hydroxylation sites is 2. The molecule has 1 aromatic carbocycles. The first kappa shape index (κ1) is 11.6. The summed E-state index contributed by atoms with van der Waals surface area (Å²) in [4.78, 5) is 7.55. The van der Waals surface area contributed by atoms with Crippen molar-refractivity contribution in [1.29, 1.82) is 0 Å². The minimum Gasteiger partial charge on any atom is -0.323 e. The highest BCUT2D eigenvalue weighted by Gasteiger charge is 2.00. The van der Waals surface area contributed by atoms with Gasteiger partial charge in [-0.3, -0.25) is 0 Å². The van der Waals surface area contributed by atoms with E-state index in [0.717, 1.165) is 23.9 Å². The van der Waals surface area contributed by atoms with Crippen LogP contribution in [0, 0.1) is 5.92 Å². The summed E-state index contributed by atoms with van der Waals surface area (Å²) in [6.07, 6.45) is 4.18. The zero-order valence-electron chi connectivity index (χ0n) is 10.3. The van der Waals surface area contributed by atoms with E-state index in [9.17, 15) is 0 Å². The van der Waals surface area contributed by atoms with Crippen molar-refractivity contribution in [3.63, 3.8) is 0 Å². The number of anilines is 1. The van der Waals surface area contributed by atoms with E-state index in [1.54, 1.807) is 0 Å². The minimum atomic E-state index is 0.534. The van der Waals surface area contributed by atoms with E-state index in [2.05, 4.69) is 34.3 Å². The van der Waals surface area contributed by atoms with E-state index in [1.807, 2.05) is 30.5 Å². The maximum atomic E-state index is 4.38. The molecule has 2 N–H and O–H groups in total. The lowest BCUT2D eigenvalue weighted by Crippen LogP contribution is -2.00. The number of fused-ring (bicyclic) bond motifs is 1. The Bertz CT molecular complexity index is 464. The number of imidazole rings is 1. The van der Waals surface area contributed by atoms with Crippen molar-refractivity contribution < 1.29 is 0 Å². The number of aromatic amines is 1. The van der Waals surface area contributed by atoms with Gasteiger partial charge >= 0.3 is 0 Å². The normalized spacial score (nSPS) is 11.7. The Morgan fingerprint density at radius 3 is 2.82 bits per heavy atom. The zero-order valence-corrected chi connectivity index (χ0v) is 10.3. The minimum absolute atomic E-state index is 0.534. The molecule has 90 valence electrons. The molecule has 0 saturated carbocycles. The summed E-state index contributed by atoms with van der Waals surface area (Å²) in [5.74, 6) is 1.22. The third-order valence-corrected chi connectivity index (χ3v) is 2.89. The molecule has 17 heavy (non-hydrogen) atoms. The van der Waals surface area contributed by atoms with Gasteiger partial charge in [-0.25, -0.2) is 10.4 Å². The summed E-state index contributed by atoms with van der Waals surface area (Å²) in [5.41, 5.74) is 4.91. The first-order valence-corrected chi connectivity index (χ1v) is 6.07. The molecule has 0 saturated heterocycles. The van der Waals surface area contributed by atoms with Crippen LogP contribution in [0.25, 0.3) is 11.0 Å². The highest BCUT2D eigenvalue weighted by molar-refractivity contribution is 5.77. The van der Waals surface area contributed by atoms with Gasteiger partial charge in [0.15, 0.2) is 0 Å². The fourth-order valence-electron chi connectivity index (χ4n) is 1.71. The van der Waals surface area contributed by atoms with Crippen LogP contribution in [-0.4, -0.2) is 16.2 Å².